The van der Waals surface area contributed by atoms with Crippen LogP contribution in [0.1, 0.15) is 6.42 Å². The van der Waals surface area contributed by atoms with Gasteiger partial charge in [0, 0.05) is 35.0 Å². The maximum absolute atomic E-state index is 6.17. The Bertz CT molecular complexity index is 540. The van der Waals surface area contributed by atoms with Crippen LogP contribution in [0.15, 0.2) is 42.6 Å². The number of rotatable bonds is 6. The molecule has 0 aliphatic rings. The second-order valence-corrected chi connectivity index (χ2v) is 5.28. The lowest BCUT2D eigenvalue weighted by atomic mass is 10.1. The Balaban J connectivity index is 1.95. The maximum Gasteiger partial charge on any atom is 0.213 e. The van der Waals surface area contributed by atoms with E-state index in [0.29, 0.717) is 12.5 Å². The van der Waals surface area contributed by atoms with Gasteiger partial charge < -0.3 is 9.64 Å². The van der Waals surface area contributed by atoms with Gasteiger partial charge in [-0.15, -0.1) is 0 Å². The summed E-state index contributed by atoms with van der Waals surface area (Å²) < 4.78 is 5.61. The van der Waals surface area contributed by atoms with Crippen LogP contribution in [0.25, 0.3) is 11.1 Å². The van der Waals surface area contributed by atoms with Crippen LogP contribution < -0.4 is 4.74 Å². The number of halogens is 1. The fourth-order valence-corrected chi connectivity index (χ4v) is 2.12. The van der Waals surface area contributed by atoms with Gasteiger partial charge in [-0.2, -0.15) is 0 Å². The summed E-state index contributed by atoms with van der Waals surface area (Å²) >= 11 is 6.17. The lowest BCUT2D eigenvalue weighted by Crippen LogP contribution is -2.15. The van der Waals surface area contributed by atoms with Gasteiger partial charge in [-0.1, -0.05) is 29.8 Å². The van der Waals surface area contributed by atoms with Crippen LogP contribution in [-0.4, -0.2) is 37.1 Å². The molecule has 3 nitrogen and oxygen atoms in total. The Morgan fingerprint density at radius 3 is 2.60 bits per heavy atom. The minimum absolute atomic E-state index is 0.652. The minimum Gasteiger partial charge on any atom is -0.478 e. The molecular weight excluding hydrogens is 272 g/mol. The molecule has 2 rings (SSSR count). The maximum atomic E-state index is 6.17. The third-order valence-corrected chi connectivity index (χ3v) is 3.25. The molecule has 1 heterocycles. The molecular formula is C16H19ClN2O. The van der Waals surface area contributed by atoms with Gasteiger partial charge in [-0.25, -0.2) is 4.98 Å². The van der Waals surface area contributed by atoms with E-state index in [1.165, 1.54) is 0 Å². The van der Waals surface area contributed by atoms with Gasteiger partial charge in [0.15, 0.2) is 0 Å². The van der Waals surface area contributed by atoms with Crippen molar-refractivity contribution in [2.24, 2.45) is 0 Å². The predicted octanol–water partition coefficient (Wildman–Crippen LogP) is 3.73. The van der Waals surface area contributed by atoms with Gasteiger partial charge in [0.1, 0.15) is 0 Å². The third-order valence-electron chi connectivity index (χ3n) is 2.92. The molecule has 1 aromatic heterocycles. The highest BCUT2D eigenvalue weighted by Crippen LogP contribution is 2.27. The zero-order valence-corrected chi connectivity index (χ0v) is 12.6. The van der Waals surface area contributed by atoms with Gasteiger partial charge in [0.25, 0.3) is 0 Å². The first-order valence-electron chi connectivity index (χ1n) is 6.65. The van der Waals surface area contributed by atoms with E-state index in [-0.39, 0.29) is 0 Å². The molecule has 20 heavy (non-hydrogen) atoms. The lowest BCUT2D eigenvalue weighted by molar-refractivity contribution is 0.273. The summed E-state index contributed by atoms with van der Waals surface area (Å²) in [5.74, 6) is 0.652. The molecule has 0 atom stereocenters. The number of hydrogen-bond donors (Lipinski definition) is 0. The van der Waals surface area contributed by atoms with E-state index in [1.807, 2.05) is 36.4 Å². The Kier molecular flexibility index (Phi) is 5.39. The van der Waals surface area contributed by atoms with Crippen molar-refractivity contribution in [2.45, 2.75) is 6.42 Å². The highest BCUT2D eigenvalue weighted by atomic mass is 35.5. The van der Waals surface area contributed by atoms with Gasteiger partial charge >= 0.3 is 0 Å². The normalized spacial score (nSPS) is 10.8. The Hall–Kier alpha value is -1.58. The van der Waals surface area contributed by atoms with Crippen LogP contribution in [0.3, 0.4) is 0 Å². The van der Waals surface area contributed by atoms with E-state index in [1.54, 1.807) is 6.20 Å². The topological polar surface area (TPSA) is 25.4 Å². The summed E-state index contributed by atoms with van der Waals surface area (Å²) in [5, 5.41) is 0.731. The summed E-state index contributed by atoms with van der Waals surface area (Å²) in [5.41, 5.74) is 1.98. The number of benzene rings is 1. The fraction of sp³-hybridized carbons (Fsp3) is 0.312. The zero-order valence-electron chi connectivity index (χ0n) is 11.8. The van der Waals surface area contributed by atoms with Crippen LogP contribution in [0.2, 0.25) is 5.02 Å². The number of nitrogens with zero attached hydrogens (tertiary/aromatic N) is 2. The van der Waals surface area contributed by atoms with Crippen LogP contribution in [-0.2, 0) is 0 Å². The minimum atomic E-state index is 0.652. The average Bonchev–Trinajstić information content (AvgIpc) is 2.45. The Labute approximate surface area is 125 Å². The van der Waals surface area contributed by atoms with E-state index in [9.17, 15) is 0 Å². The van der Waals surface area contributed by atoms with Crippen molar-refractivity contribution in [3.8, 4) is 17.0 Å². The second-order valence-electron chi connectivity index (χ2n) is 4.87. The summed E-state index contributed by atoms with van der Waals surface area (Å²) in [6.07, 6.45) is 2.78. The third kappa shape index (κ3) is 4.22. The Morgan fingerprint density at radius 2 is 1.95 bits per heavy atom. The zero-order chi connectivity index (χ0) is 14.4. The van der Waals surface area contributed by atoms with Gasteiger partial charge in [-0.05, 0) is 32.6 Å². The molecule has 0 unspecified atom stereocenters. The number of aromatic nitrogens is 1. The van der Waals surface area contributed by atoms with E-state index in [4.69, 9.17) is 16.3 Å². The van der Waals surface area contributed by atoms with Gasteiger partial charge in [-0.3, -0.25) is 0 Å². The molecule has 0 fully saturated rings. The summed E-state index contributed by atoms with van der Waals surface area (Å²) in [4.78, 5) is 6.45. The highest BCUT2D eigenvalue weighted by molar-refractivity contribution is 6.33. The van der Waals surface area contributed by atoms with Crippen LogP contribution in [0.5, 0.6) is 5.88 Å². The number of pyridine rings is 1. The molecule has 0 bridgehead atoms. The van der Waals surface area contributed by atoms with Crippen LogP contribution >= 0.6 is 11.6 Å². The first-order chi connectivity index (χ1) is 9.66. The molecule has 0 spiro atoms. The largest absolute Gasteiger partial charge is 0.478 e. The van der Waals surface area contributed by atoms with Crippen molar-refractivity contribution >= 4 is 11.6 Å². The first-order valence-corrected chi connectivity index (χ1v) is 7.03. The monoisotopic (exact) mass is 290 g/mol. The van der Waals surface area contributed by atoms with Crippen molar-refractivity contribution in [2.75, 3.05) is 27.2 Å². The summed E-state index contributed by atoms with van der Waals surface area (Å²) in [7, 11) is 4.10. The van der Waals surface area contributed by atoms with E-state index in [2.05, 4.69) is 24.0 Å². The van der Waals surface area contributed by atoms with Crippen molar-refractivity contribution < 1.29 is 4.74 Å². The smallest absolute Gasteiger partial charge is 0.213 e. The van der Waals surface area contributed by atoms with Crippen molar-refractivity contribution in [1.29, 1.82) is 0 Å². The van der Waals surface area contributed by atoms with E-state index in [0.717, 1.165) is 29.1 Å². The first kappa shape index (κ1) is 14.8. The van der Waals surface area contributed by atoms with Crippen molar-refractivity contribution in [3.63, 3.8) is 0 Å². The molecule has 0 aliphatic heterocycles. The molecule has 0 N–H and O–H groups in total. The quantitative estimate of drug-likeness (QED) is 0.758. The molecule has 0 saturated heterocycles. The molecule has 0 amide bonds. The highest BCUT2D eigenvalue weighted by Gasteiger charge is 2.03. The molecule has 2 aromatic rings. The van der Waals surface area contributed by atoms with E-state index >= 15 is 0 Å². The SMILES string of the molecule is CN(C)CCCOc1ccc(-c2ccccc2Cl)cn1. The predicted molar refractivity (Wildman–Crippen MR) is 83.3 cm³/mol. The Morgan fingerprint density at radius 1 is 1.15 bits per heavy atom. The van der Waals surface area contributed by atoms with Crippen LogP contribution in [0, 0.1) is 0 Å². The lowest BCUT2D eigenvalue weighted by Gasteiger charge is -2.10. The average molecular weight is 291 g/mol. The molecule has 0 aliphatic carbocycles. The van der Waals surface area contributed by atoms with Crippen LogP contribution in [0.4, 0.5) is 0 Å². The number of hydrogen-bond acceptors (Lipinski definition) is 3. The van der Waals surface area contributed by atoms with Crippen molar-refractivity contribution in [1.82, 2.24) is 9.88 Å². The second kappa shape index (κ2) is 7.27. The standard InChI is InChI=1S/C16H19ClN2O/c1-19(2)10-5-11-20-16-9-8-13(12-18-16)14-6-3-4-7-15(14)17/h3-4,6-9,12H,5,10-11H2,1-2H3. The molecule has 0 saturated carbocycles. The summed E-state index contributed by atoms with van der Waals surface area (Å²) in [6.45, 7) is 1.69. The van der Waals surface area contributed by atoms with Gasteiger partial charge in [0.2, 0.25) is 5.88 Å². The fourth-order valence-electron chi connectivity index (χ4n) is 1.88. The molecule has 0 radical (unpaired) electrons. The summed E-state index contributed by atoms with van der Waals surface area (Å²) in [6, 6.07) is 11.6. The number of ether oxygens (including phenoxy) is 1. The molecule has 4 heteroatoms. The van der Waals surface area contributed by atoms with Crippen molar-refractivity contribution in [3.05, 3.63) is 47.6 Å². The van der Waals surface area contributed by atoms with E-state index < -0.39 is 0 Å². The molecule has 1 aromatic carbocycles. The molecule has 106 valence electrons. The van der Waals surface area contributed by atoms with Gasteiger partial charge in [0.05, 0.1) is 6.61 Å².